The van der Waals surface area contributed by atoms with Crippen LogP contribution in [-0.2, 0) is 42.8 Å². The first kappa shape index (κ1) is 35.2. The average Bonchev–Trinajstić information content (AvgIpc) is 3.82. The third kappa shape index (κ3) is 4.47. The largest absolute Gasteiger partial charge is 0.493 e. The van der Waals surface area contributed by atoms with Crippen molar-refractivity contribution >= 4 is 17.7 Å². The first-order valence-corrected chi connectivity index (χ1v) is 20.8. The Balaban J connectivity index is 0.758. The molecule has 0 unspecified atom stereocenters. The summed E-state index contributed by atoms with van der Waals surface area (Å²) >= 11 is 0. The van der Waals surface area contributed by atoms with Gasteiger partial charge in [-0.3, -0.25) is 19.3 Å². The molecule has 0 amide bonds. The zero-order chi connectivity index (χ0) is 38.4. The maximum Gasteiger partial charge on any atom is 0.311 e. The van der Waals surface area contributed by atoms with Crippen LogP contribution in [0, 0.1) is 5.92 Å². The highest BCUT2D eigenvalue weighted by molar-refractivity contribution is 5.90. The van der Waals surface area contributed by atoms with E-state index in [0.29, 0.717) is 80.3 Å². The summed E-state index contributed by atoms with van der Waals surface area (Å²) in [6.07, 6.45) is 7.53. The number of hydrogen-bond acceptors (Lipinski definition) is 12. The van der Waals surface area contributed by atoms with Crippen molar-refractivity contribution in [3.05, 3.63) is 58.4 Å². The van der Waals surface area contributed by atoms with Gasteiger partial charge in [-0.25, -0.2) is 0 Å². The van der Waals surface area contributed by atoms with Gasteiger partial charge in [-0.1, -0.05) is 12.1 Å². The molecule has 12 nitrogen and oxygen atoms in total. The molecule has 2 saturated carbocycles. The molecule has 9 aliphatic rings. The summed E-state index contributed by atoms with van der Waals surface area (Å²) in [5.74, 6) is 2.17. The van der Waals surface area contributed by atoms with Gasteiger partial charge in [-0.15, -0.1) is 0 Å². The number of likely N-dealkylation sites (N-methyl/N-ethyl adjacent to an activating group) is 1. The molecule has 11 rings (SSSR count). The minimum absolute atomic E-state index is 0.000563. The zero-order valence-corrected chi connectivity index (χ0v) is 32.1. The first-order valence-electron chi connectivity index (χ1n) is 20.8. The maximum absolute atomic E-state index is 13.4. The number of hydrogen-bond donors (Lipinski definition) is 2. The van der Waals surface area contributed by atoms with E-state index in [4.69, 9.17) is 23.7 Å². The molecule has 5 aliphatic carbocycles. The summed E-state index contributed by atoms with van der Waals surface area (Å²) in [6.45, 7) is 2.57. The first-order chi connectivity index (χ1) is 27.0. The summed E-state index contributed by atoms with van der Waals surface area (Å²) in [5.41, 5.74) is 0.273. The fourth-order valence-corrected chi connectivity index (χ4v) is 12.8. The lowest BCUT2D eigenvalue weighted by atomic mass is 9.49. The fourth-order valence-electron chi connectivity index (χ4n) is 12.8. The van der Waals surface area contributed by atoms with E-state index < -0.39 is 46.2 Å². The lowest BCUT2D eigenvalue weighted by Crippen LogP contribution is -2.76. The number of rotatable bonds is 10. The van der Waals surface area contributed by atoms with Crippen molar-refractivity contribution in [2.24, 2.45) is 5.92 Å². The number of unbranched alkanes of at least 4 members (excludes halogenated alkanes) is 1. The average molecular weight is 767 g/mol. The molecule has 56 heavy (non-hydrogen) atoms. The molecule has 4 bridgehead atoms. The number of aliphatic hydroxyl groups is 2. The van der Waals surface area contributed by atoms with Crippen LogP contribution in [0.5, 0.6) is 23.0 Å². The van der Waals surface area contributed by atoms with Crippen molar-refractivity contribution in [2.75, 3.05) is 33.8 Å². The van der Waals surface area contributed by atoms with Crippen LogP contribution < -0.4 is 18.9 Å². The monoisotopic (exact) mass is 766 g/mol. The minimum Gasteiger partial charge on any atom is -0.493 e. The van der Waals surface area contributed by atoms with Crippen LogP contribution in [0.15, 0.2) is 36.1 Å². The number of nitrogens with zero attached hydrogens (tertiary/aromatic N) is 2. The predicted molar refractivity (Wildman–Crippen MR) is 200 cm³/mol. The zero-order valence-electron chi connectivity index (χ0n) is 32.1. The molecule has 4 heterocycles. The van der Waals surface area contributed by atoms with Gasteiger partial charge >= 0.3 is 11.9 Å². The van der Waals surface area contributed by atoms with Gasteiger partial charge in [0.2, 0.25) is 0 Å². The quantitative estimate of drug-likeness (QED) is 0.206. The Bertz CT molecular complexity index is 2110. The fraction of sp³-hybridized carbons (Fsp3) is 0.614. The van der Waals surface area contributed by atoms with E-state index >= 15 is 0 Å². The second-order valence-corrected chi connectivity index (χ2v) is 18.1. The van der Waals surface area contributed by atoms with Crippen LogP contribution in [-0.4, -0.2) is 107 Å². The molecule has 2 aromatic rings. The van der Waals surface area contributed by atoms with Gasteiger partial charge in [-0.2, -0.15) is 0 Å². The summed E-state index contributed by atoms with van der Waals surface area (Å²) in [7, 11) is 3.66. The van der Waals surface area contributed by atoms with E-state index in [1.54, 1.807) is 13.2 Å². The lowest BCUT2D eigenvalue weighted by Gasteiger charge is -2.62. The summed E-state index contributed by atoms with van der Waals surface area (Å²) in [5, 5.41) is 25.0. The number of likely N-dealkylation sites (tertiary alicyclic amines) is 2. The lowest BCUT2D eigenvalue weighted by molar-refractivity contribution is -0.188. The SMILES string of the molecule is COc1ccc2c3c1O[C@H]1C(OC(=O)CCCCC(=O)Oc4ccc5c6c4O[C@H]4C(=O)CC[C@@]7(O)[C@@H](C5)N(CC5CC5)CC[C@]647)=CC[C@@]4(O)[C@@H](C2)N(C)CC[C@]314. The third-order valence-electron chi connectivity index (χ3n) is 15.6. The molecule has 8 atom stereocenters. The molecule has 4 aliphatic heterocycles. The predicted octanol–water partition coefficient (Wildman–Crippen LogP) is 3.82. The second-order valence-electron chi connectivity index (χ2n) is 18.1. The van der Waals surface area contributed by atoms with Crippen LogP contribution >= 0.6 is 0 Å². The van der Waals surface area contributed by atoms with Gasteiger partial charge < -0.3 is 38.8 Å². The molecule has 2 aromatic carbocycles. The van der Waals surface area contributed by atoms with Gasteiger partial charge in [-0.05, 0) is 113 Å². The Hall–Kier alpha value is -3.97. The highest BCUT2D eigenvalue weighted by Gasteiger charge is 2.74. The van der Waals surface area contributed by atoms with Gasteiger partial charge in [0.15, 0.2) is 41.0 Å². The van der Waals surface area contributed by atoms with E-state index in [9.17, 15) is 24.6 Å². The standard InChI is InChI=1S/C44H50N2O10/c1-45-19-17-42-35-25-9-11-28(52-2)37(35)56-40(42)30(14-16-43(42,50)31(45)21-25)54-34(49)6-4-3-5-33(48)53-29-12-10-26-22-32-44(51)15-13-27(47)39-41(44,36(26)38(29)55-39)18-20-46(32)23-24-7-8-24/h9-12,14,24,31-32,39-40,50-51H,3-8,13,15-23H2,1-2H3/t31-,32-,39+,40+,41+,42+,43-,44-/m1/s1. The topological polar surface area (TPSA) is 144 Å². The molecule has 0 aromatic heterocycles. The Kier molecular flexibility index (Phi) is 7.57. The van der Waals surface area contributed by atoms with Crippen molar-refractivity contribution in [3.8, 4) is 23.0 Å². The second kappa shape index (κ2) is 12.0. The number of methoxy groups -OCH3 is 1. The van der Waals surface area contributed by atoms with Crippen molar-refractivity contribution in [2.45, 2.75) is 130 Å². The summed E-state index contributed by atoms with van der Waals surface area (Å²) in [6, 6.07) is 7.57. The van der Waals surface area contributed by atoms with Gasteiger partial charge in [0.05, 0.1) is 29.1 Å². The highest BCUT2D eigenvalue weighted by Crippen LogP contribution is 2.67. The van der Waals surface area contributed by atoms with Crippen LogP contribution in [0.2, 0.25) is 0 Å². The summed E-state index contributed by atoms with van der Waals surface area (Å²) in [4.78, 5) is 44.7. The third-order valence-corrected chi connectivity index (χ3v) is 15.6. The Morgan fingerprint density at radius 3 is 2.20 bits per heavy atom. The number of benzene rings is 2. The van der Waals surface area contributed by atoms with E-state index in [1.807, 2.05) is 18.2 Å². The molecule has 0 radical (unpaired) electrons. The summed E-state index contributed by atoms with van der Waals surface area (Å²) < 4.78 is 30.7. The number of carbonyl (C=O) groups excluding carboxylic acids is 3. The smallest absolute Gasteiger partial charge is 0.311 e. The van der Waals surface area contributed by atoms with E-state index in [0.717, 1.165) is 41.9 Å². The number of piperidine rings is 2. The van der Waals surface area contributed by atoms with Gasteiger partial charge in [0.25, 0.3) is 0 Å². The van der Waals surface area contributed by atoms with Gasteiger partial charge in [0.1, 0.15) is 5.76 Å². The Morgan fingerprint density at radius 2 is 1.46 bits per heavy atom. The van der Waals surface area contributed by atoms with Crippen LogP contribution in [0.3, 0.4) is 0 Å². The molecular formula is C44H50N2O10. The van der Waals surface area contributed by atoms with Crippen LogP contribution in [0.25, 0.3) is 0 Å². The minimum atomic E-state index is -1.09. The van der Waals surface area contributed by atoms with Crippen molar-refractivity contribution < 1.29 is 48.3 Å². The Labute approximate surface area is 326 Å². The van der Waals surface area contributed by atoms with Crippen molar-refractivity contribution in [1.82, 2.24) is 9.80 Å². The molecule has 2 spiro atoms. The number of esters is 2. The molecule has 2 N–H and O–H groups in total. The van der Waals surface area contributed by atoms with Gasteiger partial charge in [0, 0.05) is 55.4 Å². The molecule has 296 valence electrons. The maximum atomic E-state index is 13.4. The van der Waals surface area contributed by atoms with Crippen molar-refractivity contribution in [3.63, 3.8) is 0 Å². The number of ether oxygens (including phenoxy) is 5. The van der Waals surface area contributed by atoms with Crippen molar-refractivity contribution in [1.29, 1.82) is 0 Å². The molecule has 4 fully saturated rings. The van der Waals surface area contributed by atoms with E-state index in [2.05, 4.69) is 22.9 Å². The number of ketones is 1. The Morgan fingerprint density at radius 1 is 0.821 bits per heavy atom. The normalized spacial score (nSPS) is 36.8. The number of Topliss-reactive ketones (excluding diaryl/α,β-unsaturated/α-hetero) is 1. The molecule has 12 heteroatoms. The van der Waals surface area contributed by atoms with Crippen LogP contribution in [0.1, 0.15) is 92.9 Å². The molecular weight excluding hydrogens is 716 g/mol. The highest BCUT2D eigenvalue weighted by atomic mass is 16.6. The van der Waals surface area contributed by atoms with E-state index in [1.165, 1.54) is 12.8 Å². The van der Waals surface area contributed by atoms with E-state index in [-0.39, 0.29) is 42.9 Å². The number of carbonyl (C=O) groups is 3. The molecule has 2 saturated heterocycles. The van der Waals surface area contributed by atoms with Crippen LogP contribution in [0.4, 0.5) is 0 Å².